The molecule has 2 saturated heterocycles. The molecule has 44 heteroatoms. The lowest BCUT2D eigenvalue weighted by molar-refractivity contribution is -0.249. The number of benzene rings is 4. The number of hydrogen-bond acceptors (Lipinski definition) is 29. The molecule has 4 aromatic carbocycles. The normalized spacial score (nSPS) is 19.2. The van der Waals surface area contributed by atoms with Gasteiger partial charge in [0, 0.05) is 142 Å². The molecular formula is C93H130N20O23S. The van der Waals surface area contributed by atoms with Gasteiger partial charge in [-0.15, -0.1) is 11.8 Å². The van der Waals surface area contributed by atoms with Crippen LogP contribution in [0.2, 0.25) is 0 Å². The fourth-order valence-electron chi connectivity index (χ4n) is 17.2. The van der Waals surface area contributed by atoms with Gasteiger partial charge in [-0.3, -0.25) is 88.9 Å². The minimum Gasteiger partial charge on any atom is -0.507 e. The molecule has 0 saturated carbocycles. The molecule has 43 nitrogen and oxygen atoms in total. The number of hydrogen-bond donors (Lipinski definition) is 24. The SMILES string of the molecule is CC(=O)C[C@H](CCCNC(=N)N)C(=O)N[C@H](CCCNC(=N)N)C(=O)C[C@H](CCCNC(=N)N)C(=O)N[C@H](CCCNC(=N)N)C(=O)C[C@H](CSC1CC(=O)N(CCCCCC(=O)N[C@@H](Cc2ccccc2)C(=O)C[C@@H](CCCCN)C(=O)Nc2ccc(COC(=O)NC3C[C@H](O[C@H]4C[C@](O)(C(=O)CO)Cc5c(O)c6c(c(O)c54)C(=O)c4c(C)cccc4C6=O)O[C@@H](C)[C@H]3O)cc2)C1=O)C(N)=O. The average molecular weight is 1930 g/mol. The zero-order chi connectivity index (χ0) is 100. The van der Waals surface area contributed by atoms with E-state index in [2.05, 4.69) is 47.9 Å². The molecule has 2 fully saturated rings. The first kappa shape index (κ1) is 109. The molecule has 2 aliphatic heterocycles. The lowest BCUT2D eigenvalue weighted by Crippen LogP contribution is -2.56. The van der Waals surface area contributed by atoms with Gasteiger partial charge in [0.25, 0.3) is 0 Å². The van der Waals surface area contributed by atoms with Crippen LogP contribution in [0.3, 0.4) is 0 Å². The van der Waals surface area contributed by atoms with Crippen LogP contribution in [0.5, 0.6) is 11.5 Å². The fourth-order valence-corrected chi connectivity index (χ4v) is 18.4. The van der Waals surface area contributed by atoms with Crippen molar-refractivity contribution in [3.63, 3.8) is 0 Å². The topological polar surface area (TPSA) is 748 Å². The van der Waals surface area contributed by atoms with Crippen LogP contribution in [-0.4, -0.2) is 247 Å². The second-order valence-corrected chi connectivity index (χ2v) is 36.3. The van der Waals surface area contributed by atoms with Crippen molar-refractivity contribution < 1.29 is 112 Å². The number of likely N-dealkylation sites (tertiary alicyclic amines) is 1. The second kappa shape index (κ2) is 53.0. The van der Waals surface area contributed by atoms with E-state index in [0.717, 1.165) is 22.2 Å². The number of ether oxygens (including phenoxy) is 3. The van der Waals surface area contributed by atoms with Gasteiger partial charge < -0.3 is 127 Å². The summed E-state index contributed by atoms with van der Waals surface area (Å²) in [6, 6.07) is 14.9. The first-order valence-corrected chi connectivity index (χ1v) is 46.9. The Hall–Kier alpha value is -12.9. The van der Waals surface area contributed by atoms with Gasteiger partial charge in [-0.25, -0.2) is 4.79 Å². The van der Waals surface area contributed by atoms with Gasteiger partial charge in [0.2, 0.25) is 41.4 Å². The second-order valence-electron chi connectivity index (χ2n) is 35.1. The number of aliphatic hydroxyl groups excluding tert-OH is 2. The van der Waals surface area contributed by atoms with E-state index in [1.807, 2.05) is 0 Å². The number of fused-ring (bicyclic) bond motifs is 3. The van der Waals surface area contributed by atoms with E-state index in [0.29, 0.717) is 49.0 Å². The van der Waals surface area contributed by atoms with E-state index in [1.165, 1.54) is 19.9 Å². The number of anilines is 1. The third-order valence-electron chi connectivity index (χ3n) is 24.5. The summed E-state index contributed by atoms with van der Waals surface area (Å²) >= 11 is 0.946. The number of ketones is 7. The van der Waals surface area contributed by atoms with Crippen molar-refractivity contribution in [2.45, 2.75) is 241 Å². The van der Waals surface area contributed by atoms with Crippen LogP contribution in [0.15, 0.2) is 72.8 Å². The van der Waals surface area contributed by atoms with Crippen LogP contribution in [0.4, 0.5) is 10.5 Å². The minimum absolute atomic E-state index is 0.00269. The molecular weight excluding hydrogens is 1800 g/mol. The number of nitrogens with two attached hydrogens (primary N) is 6. The third-order valence-corrected chi connectivity index (χ3v) is 25.9. The highest BCUT2D eigenvalue weighted by atomic mass is 32.2. The molecule has 2 aliphatic carbocycles. The number of nitrogens with zero attached hydrogens (tertiary/aromatic N) is 1. The largest absolute Gasteiger partial charge is 0.507 e. The number of rotatable bonds is 57. The van der Waals surface area contributed by atoms with Crippen LogP contribution in [0.1, 0.15) is 221 Å². The van der Waals surface area contributed by atoms with Gasteiger partial charge >= 0.3 is 6.09 Å². The zero-order valence-corrected chi connectivity index (χ0v) is 78.0. The van der Waals surface area contributed by atoms with Crippen LogP contribution < -0.4 is 82.3 Å². The molecule has 8 amide bonds. The van der Waals surface area contributed by atoms with Crippen LogP contribution in [0, 0.1) is 52.2 Å². The van der Waals surface area contributed by atoms with Gasteiger partial charge in [0.15, 0.2) is 64.8 Å². The number of amides is 8. The van der Waals surface area contributed by atoms with Gasteiger partial charge in [-0.05, 0) is 140 Å². The van der Waals surface area contributed by atoms with Crippen molar-refractivity contribution >= 4 is 129 Å². The van der Waals surface area contributed by atoms with E-state index < -0.39 is 220 Å². The van der Waals surface area contributed by atoms with Crippen molar-refractivity contribution in [3.8, 4) is 11.5 Å². The number of phenols is 2. The van der Waals surface area contributed by atoms with Crippen molar-refractivity contribution in [2.24, 2.45) is 58.1 Å². The first-order chi connectivity index (χ1) is 65.1. The number of alkyl carbamates (subject to hydrolysis) is 1. The van der Waals surface area contributed by atoms with Gasteiger partial charge in [0.1, 0.15) is 42.2 Å². The number of phenolic OH excluding ortho intramolecular Hbond substituents is 2. The molecule has 14 atom stereocenters. The van der Waals surface area contributed by atoms with E-state index in [9.17, 15) is 97.5 Å². The Labute approximate surface area is 796 Å². The minimum atomic E-state index is -2.43. The molecule has 8 rings (SSSR count). The van der Waals surface area contributed by atoms with Crippen molar-refractivity contribution in [3.05, 3.63) is 123 Å². The number of nitrogens with one attached hydrogen (secondary N) is 13. The number of carbonyl (C=O) groups is 15. The lowest BCUT2D eigenvalue weighted by Gasteiger charge is -2.42. The summed E-state index contributed by atoms with van der Waals surface area (Å²) < 4.78 is 17.9. The van der Waals surface area contributed by atoms with Crippen LogP contribution in [-0.2, 0) is 91.2 Å². The van der Waals surface area contributed by atoms with Crippen molar-refractivity contribution in [1.29, 1.82) is 21.6 Å². The third kappa shape index (κ3) is 32.4. The van der Waals surface area contributed by atoms with Crippen LogP contribution >= 0.6 is 11.8 Å². The standard InChI is InChI=1S/C93H130N20O23S/c1-49-17-12-23-59-74(49)81(125)77-76(79(59)123)80(124)60-44-93(133,70(119)46-114)45-68(75(60)82(77)126)136-73-42-64(78(122)51(3)135-73)112-92(132)134-47-53-27-29-58(30-28-53)108-84(128)55(20-9-10-31-94)40-67(118)63(38-52-18-6-4-7-19-52)109-71(120)26-8-5-11-36-113-72(121)43-69(87(113)131)137-48-57(83(95)127)41-66(117)62(25-16-35-107-91(102)103)111-86(130)56(22-14-33-105-89(98)99)39-65(116)61(24-15-34-106-90(100)101)110-85(129)54(37-50(2)115)21-13-32-104-88(96)97/h4,6-7,12,17-19,23,27-30,51,54-57,61-64,68-69,73,78,114,122,124,126,133H,5,8-11,13-16,20-22,24-26,31-48,94H2,1-3H3,(H2,95,127)(H,108,128)(H,109,120)(H,110,129)(H,111,130)(H,112,132)(H4,96,97,104)(H4,98,99,105)(H4,100,101,106)(H4,102,103,107)/t51-,54-,55+,56-,57+,61+,62+,63-,64?,68-,69?,73-,78+,93-/m0/s1. The Balaban J connectivity index is 0.831. The lowest BCUT2D eigenvalue weighted by atomic mass is 9.71. The number of Topliss-reactive ketones (excluding diaryl/α,β-unsaturated/α-hetero) is 5. The van der Waals surface area contributed by atoms with Crippen LogP contribution in [0.25, 0.3) is 0 Å². The summed E-state index contributed by atoms with van der Waals surface area (Å²) in [5.74, 6) is -16.3. The fraction of sp³-hybridized carbons (Fsp3) is 0.538. The maximum Gasteiger partial charge on any atom is 0.407 e. The van der Waals surface area contributed by atoms with E-state index >= 15 is 0 Å². The maximum absolute atomic E-state index is 14.6. The summed E-state index contributed by atoms with van der Waals surface area (Å²) in [5, 5.41) is 111. The number of aryl methyl sites for hydroxylation is 1. The monoisotopic (exact) mass is 1930 g/mol. The average Bonchev–Trinajstić information content (AvgIpc) is 1.03. The molecule has 2 heterocycles. The Morgan fingerprint density at radius 3 is 1.72 bits per heavy atom. The number of unbranched alkanes of at least 4 members (excludes halogenated alkanes) is 3. The molecule has 30 N–H and O–H groups in total. The van der Waals surface area contributed by atoms with Gasteiger partial charge in [-0.2, -0.15) is 0 Å². The summed E-state index contributed by atoms with van der Waals surface area (Å²) in [4.78, 5) is 209. The Kier molecular flexibility index (Phi) is 42.3. The quantitative estimate of drug-likeness (QED) is 0.00858. The Bertz CT molecular complexity index is 5070. The highest BCUT2D eigenvalue weighted by molar-refractivity contribution is 8.00. The number of guanidine groups is 4. The first-order valence-electron chi connectivity index (χ1n) is 45.9. The molecule has 0 aromatic heterocycles. The Morgan fingerprint density at radius 1 is 0.613 bits per heavy atom. The predicted octanol–water partition coefficient (Wildman–Crippen LogP) is 1.31. The highest BCUT2D eigenvalue weighted by Crippen LogP contribution is 2.52. The summed E-state index contributed by atoms with van der Waals surface area (Å²) in [6.45, 7) is 3.72. The maximum atomic E-state index is 14.6. The summed E-state index contributed by atoms with van der Waals surface area (Å²) in [7, 11) is 0. The number of carbonyl (C=O) groups excluding carboxylic acids is 15. The Morgan fingerprint density at radius 2 is 1.16 bits per heavy atom. The van der Waals surface area contributed by atoms with Gasteiger partial charge in [0.05, 0.1) is 58.7 Å². The number of thioether (sulfide) groups is 1. The number of aromatic hydroxyl groups is 2. The predicted molar refractivity (Wildman–Crippen MR) is 503 cm³/mol. The van der Waals surface area contributed by atoms with E-state index in [4.69, 9.17) is 70.2 Å². The number of aliphatic hydroxyl groups is 3. The summed E-state index contributed by atoms with van der Waals surface area (Å²) in [6.07, 6.45) is -6.61. The smallest absolute Gasteiger partial charge is 0.407 e. The highest BCUT2D eigenvalue weighted by Gasteiger charge is 2.51. The zero-order valence-electron chi connectivity index (χ0n) is 77.2. The molecule has 137 heavy (non-hydrogen) atoms. The molecule has 0 bridgehead atoms. The molecule has 746 valence electrons. The van der Waals surface area contributed by atoms with E-state index in [1.54, 1.807) is 73.7 Å². The summed E-state index contributed by atoms with van der Waals surface area (Å²) in [5.41, 5.74) is 31.6. The number of primary amides is 1. The molecule has 2 unspecified atom stereocenters. The molecule has 4 aliphatic rings. The van der Waals surface area contributed by atoms with Crippen molar-refractivity contribution in [1.82, 2.24) is 47.4 Å². The molecule has 4 aromatic rings. The number of imide groups is 1. The van der Waals surface area contributed by atoms with E-state index in [-0.39, 0.29) is 200 Å². The molecule has 0 radical (unpaired) electrons. The van der Waals surface area contributed by atoms with Gasteiger partial charge in [-0.1, -0.05) is 73.5 Å². The van der Waals surface area contributed by atoms with Crippen molar-refractivity contribution in [2.75, 3.05) is 56.9 Å². The molecule has 0 spiro atoms.